The summed E-state index contributed by atoms with van der Waals surface area (Å²) in [6.07, 6.45) is 0.0769. The SMILES string of the molecule is CCC1OC(=O)c2ccccc2C1(Cl)c1ccc(F)cc1. The maximum absolute atomic E-state index is 13.2. The minimum Gasteiger partial charge on any atom is -0.456 e. The number of ether oxygens (including phenoxy) is 1. The van der Waals surface area contributed by atoms with Crippen LogP contribution in [0.2, 0.25) is 0 Å². The van der Waals surface area contributed by atoms with Crippen molar-refractivity contribution in [1.29, 1.82) is 0 Å². The van der Waals surface area contributed by atoms with Gasteiger partial charge in [0.1, 0.15) is 16.8 Å². The average Bonchev–Trinajstić information content (AvgIpc) is 2.51. The van der Waals surface area contributed by atoms with E-state index in [1.165, 1.54) is 12.1 Å². The van der Waals surface area contributed by atoms with E-state index >= 15 is 0 Å². The largest absolute Gasteiger partial charge is 0.456 e. The normalized spacial score (nSPS) is 24.3. The molecule has 0 spiro atoms. The lowest BCUT2D eigenvalue weighted by atomic mass is 9.80. The number of carbonyl (C=O) groups excluding carboxylic acids is 1. The van der Waals surface area contributed by atoms with E-state index in [2.05, 4.69) is 0 Å². The monoisotopic (exact) mass is 304 g/mol. The molecule has 2 atom stereocenters. The maximum atomic E-state index is 13.2. The zero-order valence-electron chi connectivity index (χ0n) is 11.5. The first-order valence-corrected chi connectivity index (χ1v) is 7.20. The van der Waals surface area contributed by atoms with Gasteiger partial charge in [-0.05, 0) is 35.7 Å². The molecular formula is C17H14ClFO2. The van der Waals surface area contributed by atoms with Crippen molar-refractivity contribution in [2.75, 3.05) is 0 Å². The van der Waals surface area contributed by atoms with Crippen LogP contribution in [0.5, 0.6) is 0 Å². The molecular weight excluding hydrogens is 291 g/mol. The zero-order chi connectivity index (χ0) is 15.0. The van der Waals surface area contributed by atoms with Gasteiger partial charge in [-0.15, -0.1) is 11.6 Å². The third-order valence-corrected chi connectivity index (χ3v) is 4.53. The lowest BCUT2D eigenvalue weighted by molar-refractivity contribution is 0.0151. The van der Waals surface area contributed by atoms with Gasteiger partial charge in [-0.2, -0.15) is 0 Å². The van der Waals surface area contributed by atoms with Gasteiger partial charge in [-0.3, -0.25) is 0 Å². The van der Waals surface area contributed by atoms with Crippen molar-refractivity contribution >= 4 is 17.6 Å². The number of cyclic esters (lactones) is 1. The Hall–Kier alpha value is -1.87. The van der Waals surface area contributed by atoms with E-state index in [4.69, 9.17) is 16.3 Å². The molecule has 3 rings (SSSR count). The van der Waals surface area contributed by atoms with E-state index in [1.54, 1.807) is 24.3 Å². The van der Waals surface area contributed by atoms with Gasteiger partial charge in [0, 0.05) is 0 Å². The van der Waals surface area contributed by atoms with E-state index in [-0.39, 0.29) is 11.8 Å². The van der Waals surface area contributed by atoms with Crippen LogP contribution in [0.1, 0.15) is 34.8 Å². The molecule has 0 radical (unpaired) electrons. The molecule has 0 amide bonds. The van der Waals surface area contributed by atoms with Crippen LogP contribution < -0.4 is 0 Å². The summed E-state index contributed by atoms with van der Waals surface area (Å²) >= 11 is 6.92. The molecule has 108 valence electrons. The number of esters is 1. The second-order valence-corrected chi connectivity index (χ2v) is 5.66. The molecule has 0 fully saturated rings. The van der Waals surface area contributed by atoms with Gasteiger partial charge in [-0.25, -0.2) is 9.18 Å². The van der Waals surface area contributed by atoms with Crippen LogP contribution in [0.4, 0.5) is 4.39 Å². The molecule has 2 aromatic rings. The van der Waals surface area contributed by atoms with E-state index < -0.39 is 11.0 Å². The first kappa shape index (κ1) is 14.1. The fraction of sp³-hybridized carbons (Fsp3) is 0.235. The van der Waals surface area contributed by atoms with Crippen molar-refractivity contribution in [3.8, 4) is 0 Å². The molecule has 0 saturated carbocycles. The van der Waals surface area contributed by atoms with Crippen LogP contribution in [0.25, 0.3) is 0 Å². The summed E-state index contributed by atoms with van der Waals surface area (Å²) in [7, 11) is 0. The summed E-state index contributed by atoms with van der Waals surface area (Å²) in [5, 5.41) is 0. The van der Waals surface area contributed by atoms with Gasteiger partial charge in [0.2, 0.25) is 0 Å². The Morgan fingerprint density at radius 2 is 1.86 bits per heavy atom. The van der Waals surface area contributed by atoms with E-state index in [1.807, 2.05) is 19.1 Å². The molecule has 1 aliphatic heterocycles. The Bertz CT molecular complexity index is 683. The van der Waals surface area contributed by atoms with E-state index in [9.17, 15) is 9.18 Å². The van der Waals surface area contributed by atoms with Crippen molar-refractivity contribution in [2.24, 2.45) is 0 Å². The van der Waals surface area contributed by atoms with Crippen LogP contribution in [0.15, 0.2) is 48.5 Å². The molecule has 1 heterocycles. The summed E-state index contributed by atoms with van der Waals surface area (Å²) in [4.78, 5) is 11.1. The summed E-state index contributed by atoms with van der Waals surface area (Å²) in [5.41, 5.74) is 1.89. The number of halogens is 2. The van der Waals surface area contributed by atoms with Crippen molar-refractivity contribution < 1.29 is 13.9 Å². The van der Waals surface area contributed by atoms with Crippen LogP contribution >= 0.6 is 11.6 Å². The highest BCUT2D eigenvalue weighted by atomic mass is 35.5. The average molecular weight is 305 g/mol. The second-order valence-electron chi connectivity index (χ2n) is 5.07. The van der Waals surface area contributed by atoms with Crippen LogP contribution in [-0.2, 0) is 9.61 Å². The van der Waals surface area contributed by atoms with Crippen molar-refractivity contribution in [1.82, 2.24) is 0 Å². The zero-order valence-corrected chi connectivity index (χ0v) is 12.2. The molecule has 1 aliphatic rings. The maximum Gasteiger partial charge on any atom is 0.338 e. The molecule has 2 aromatic carbocycles. The predicted molar refractivity (Wildman–Crippen MR) is 79.0 cm³/mol. The Morgan fingerprint density at radius 1 is 1.19 bits per heavy atom. The molecule has 0 N–H and O–H groups in total. The summed E-state index contributed by atoms with van der Waals surface area (Å²) in [5.74, 6) is -0.691. The van der Waals surface area contributed by atoms with Crippen LogP contribution in [-0.4, -0.2) is 12.1 Å². The molecule has 4 heteroatoms. The summed E-state index contributed by atoms with van der Waals surface area (Å²) in [6.45, 7) is 1.91. The fourth-order valence-electron chi connectivity index (χ4n) is 2.82. The highest BCUT2D eigenvalue weighted by Gasteiger charge is 2.47. The lowest BCUT2D eigenvalue weighted by Gasteiger charge is -2.40. The number of alkyl halides is 1. The quantitative estimate of drug-likeness (QED) is 0.612. The summed E-state index contributed by atoms with van der Waals surface area (Å²) in [6, 6.07) is 13.1. The third kappa shape index (κ3) is 2.12. The highest BCUT2D eigenvalue weighted by Crippen LogP contribution is 2.46. The van der Waals surface area contributed by atoms with Gasteiger partial charge in [-0.1, -0.05) is 37.3 Å². The third-order valence-electron chi connectivity index (χ3n) is 3.87. The fourth-order valence-corrected chi connectivity index (χ4v) is 3.31. The molecule has 0 aliphatic carbocycles. The number of hydrogen-bond donors (Lipinski definition) is 0. The molecule has 0 aromatic heterocycles. The number of carbonyl (C=O) groups is 1. The Kier molecular flexibility index (Phi) is 3.46. The van der Waals surface area contributed by atoms with Crippen LogP contribution in [0.3, 0.4) is 0 Å². The number of rotatable bonds is 2. The molecule has 2 unspecified atom stereocenters. The summed E-state index contributed by atoms with van der Waals surface area (Å²) < 4.78 is 18.7. The van der Waals surface area contributed by atoms with Crippen molar-refractivity contribution in [3.05, 3.63) is 71.0 Å². The first-order valence-electron chi connectivity index (χ1n) is 6.82. The van der Waals surface area contributed by atoms with Gasteiger partial charge in [0.15, 0.2) is 0 Å². The minimum atomic E-state index is -0.993. The molecule has 0 bridgehead atoms. The van der Waals surface area contributed by atoms with Gasteiger partial charge < -0.3 is 4.74 Å². The Labute approximate surface area is 127 Å². The number of hydrogen-bond acceptors (Lipinski definition) is 2. The molecule has 21 heavy (non-hydrogen) atoms. The highest BCUT2D eigenvalue weighted by molar-refractivity contribution is 6.27. The van der Waals surface area contributed by atoms with Crippen molar-refractivity contribution in [3.63, 3.8) is 0 Å². The molecule has 0 saturated heterocycles. The Balaban J connectivity index is 2.24. The molecule has 2 nitrogen and oxygen atoms in total. The number of benzene rings is 2. The van der Waals surface area contributed by atoms with Crippen LogP contribution in [0, 0.1) is 5.82 Å². The van der Waals surface area contributed by atoms with Gasteiger partial charge in [0.25, 0.3) is 0 Å². The standard InChI is InChI=1S/C17H14ClFO2/c1-2-15-17(18,11-7-9-12(19)10-8-11)14-6-4-3-5-13(14)16(20)21-15/h3-10,15H,2H2,1H3. The van der Waals surface area contributed by atoms with E-state index in [0.29, 0.717) is 17.5 Å². The second kappa shape index (κ2) is 5.15. The van der Waals surface area contributed by atoms with E-state index in [0.717, 1.165) is 5.56 Å². The van der Waals surface area contributed by atoms with Crippen molar-refractivity contribution in [2.45, 2.75) is 24.3 Å². The lowest BCUT2D eigenvalue weighted by Crippen LogP contribution is -2.43. The smallest absolute Gasteiger partial charge is 0.338 e. The van der Waals surface area contributed by atoms with Gasteiger partial charge in [0.05, 0.1) is 5.56 Å². The van der Waals surface area contributed by atoms with Gasteiger partial charge >= 0.3 is 5.97 Å². The first-order chi connectivity index (χ1) is 10.1. The Morgan fingerprint density at radius 3 is 2.52 bits per heavy atom. The predicted octanol–water partition coefficient (Wildman–Crippen LogP) is 4.26. The topological polar surface area (TPSA) is 26.3 Å². The minimum absolute atomic E-state index is 0.326. The number of fused-ring (bicyclic) bond motifs is 1.